The molecule has 4 rings (SSSR count). The number of carbonyl (C=O) groups excluding carboxylic acids is 2. The van der Waals surface area contributed by atoms with E-state index in [2.05, 4.69) is 0 Å². The Morgan fingerprint density at radius 3 is 2.57 bits per heavy atom. The number of amides is 2. The van der Waals surface area contributed by atoms with Gasteiger partial charge in [0, 0.05) is 43.6 Å². The summed E-state index contributed by atoms with van der Waals surface area (Å²) in [5, 5.41) is 14.6. The van der Waals surface area contributed by atoms with E-state index in [1.54, 1.807) is 16.8 Å². The largest absolute Gasteiger partial charge is 0.444 e. The van der Waals surface area contributed by atoms with Gasteiger partial charge in [0.05, 0.1) is 18.3 Å². The Bertz CT molecular complexity index is 819. The molecular formula is C20H30N4O4. The fourth-order valence-corrected chi connectivity index (χ4v) is 4.84. The fraction of sp³-hybridized carbons (Fsp3) is 0.750. The molecule has 3 aliphatic rings. The van der Waals surface area contributed by atoms with Crippen LogP contribution in [-0.4, -0.2) is 68.0 Å². The molecule has 8 heteroatoms. The molecule has 0 unspecified atom stereocenters. The second-order valence-corrected chi connectivity index (χ2v) is 9.82. The molecule has 0 bridgehead atoms. The number of rotatable bonds is 0. The van der Waals surface area contributed by atoms with Crippen LogP contribution in [-0.2, 0) is 24.2 Å². The summed E-state index contributed by atoms with van der Waals surface area (Å²) >= 11 is 0. The van der Waals surface area contributed by atoms with Gasteiger partial charge in [0.2, 0.25) is 0 Å². The predicted octanol–water partition coefficient (Wildman–Crippen LogP) is 1.79. The molecule has 1 N–H and O–H groups in total. The van der Waals surface area contributed by atoms with Gasteiger partial charge >= 0.3 is 6.09 Å². The standard InChI is InChI=1S/C20H30N4O4/c1-12-6-15-14(9-23(12)18(27)28-19(2,3)4)16-17(26)22(5)10-20(7-13(25)8-20)11-24(16)21-15/h12-13,25H,6-11H2,1-5H3/t12-,13?,20?/m1/s1. The van der Waals surface area contributed by atoms with Crippen molar-refractivity contribution in [3.05, 3.63) is 17.0 Å². The number of hydrogen-bond acceptors (Lipinski definition) is 5. The van der Waals surface area contributed by atoms with Crippen LogP contribution in [0.1, 0.15) is 62.3 Å². The third-order valence-electron chi connectivity index (χ3n) is 6.06. The lowest BCUT2D eigenvalue weighted by Gasteiger charge is -2.45. The lowest BCUT2D eigenvalue weighted by atomic mass is 9.66. The first kappa shape index (κ1) is 19.2. The zero-order valence-electron chi connectivity index (χ0n) is 17.4. The van der Waals surface area contributed by atoms with Gasteiger partial charge in [-0.05, 0) is 40.5 Å². The van der Waals surface area contributed by atoms with Crippen LogP contribution in [0.5, 0.6) is 0 Å². The van der Waals surface area contributed by atoms with Crippen LogP contribution in [0.3, 0.4) is 0 Å². The Hall–Kier alpha value is -2.09. The molecule has 1 aromatic heterocycles. The van der Waals surface area contributed by atoms with Crippen molar-refractivity contribution in [2.24, 2.45) is 5.41 Å². The van der Waals surface area contributed by atoms with E-state index in [0.717, 1.165) is 11.3 Å². The highest BCUT2D eigenvalue weighted by atomic mass is 16.6. The monoisotopic (exact) mass is 390 g/mol. The van der Waals surface area contributed by atoms with E-state index >= 15 is 0 Å². The highest BCUT2D eigenvalue weighted by Gasteiger charge is 2.49. The summed E-state index contributed by atoms with van der Waals surface area (Å²) in [4.78, 5) is 29.2. The van der Waals surface area contributed by atoms with Gasteiger partial charge in [0.1, 0.15) is 11.3 Å². The van der Waals surface area contributed by atoms with E-state index < -0.39 is 5.60 Å². The number of ether oxygens (including phenoxy) is 1. The maximum absolute atomic E-state index is 13.1. The van der Waals surface area contributed by atoms with Crippen LogP contribution >= 0.6 is 0 Å². The van der Waals surface area contributed by atoms with Crippen molar-refractivity contribution in [1.82, 2.24) is 19.6 Å². The molecule has 3 heterocycles. The van der Waals surface area contributed by atoms with Gasteiger partial charge in [-0.2, -0.15) is 5.10 Å². The second kappa shape index (κ2) is 6.20. The summed E-state index contributed by atoms with van der Waals surface area (Å²) in [5.41, 5.74) is 1.62. The third kappa shape index (κ3) is 3.17. The molecular weight excluding hydrogens is 360 g/mol. The topological polar surface area (TPSA) is 87.9 Å². The molecule has 154 valence electrons. The normalized spacial score (nSPS) is 29.9. The molecule has 1 spiro atoms. The molecule has 1 atom stereocenters. The summed E-state index contributed by atoms with van der Waals surface area (Å²) < 4.78 is 7.39. The van der Waals surface area contributed by atoms with Crippen LogP contribution in [0.4, 0.5) is 4.79 Å². The highest BCUT2D eigenvalue weighted by molar-refractivity contribution is 5.94. The van der Waals surface area contributed by atoms with E-state index in [9.17, 15) is 14.7 Å². The summed E-state index contributed by atoms with van der Waals surface area (Å²) in [6, 6.07) is -0.0474. The summed E-state index contributed by atoms with van der Waals surface area (Å²) in [6.07, 6.45) is 1.32. The summed E-state index contributed by atoms with van der Waals surface area (Å²) in [5.74, 6) is -0.0642. The van der Waals surface area contributed by atoms with E-state index in [4.69, 9.17) is 9.84 Å². The SMILES string of the molecule is C[C@@H]1Cc2nn3c(c2CN1C(=O)OC(C)(C)C)C(=O)N(C)CC1(CC(O)C1)C3. The van der Waals surface area contributed by atoms with E-state index in [-0.39, 0.29) is 29.6 Å². The minimum atomic E-state index is -0.569. The fourth-order valence-electron chi connectivity index (χ4n) is 4.84. The molecule has 1 saturated carbocycles. The van der Waals surface area contributed by atoms with Crippen LogP contribution < -0.4 is 0 Å². The van der Waals surface area contributed by atoms with Gasteiger partial charge in [-0.3, -0.25) is 9.48 Å². The zero-order valence-corrected chi connectivity index (χ0v) is 17.4. The maximum atomic E-state index is 13.1. The van der Waals surface area contributed by atoms with E-state index in [1.165, 1.54) is 0 Å². The Labute approximate surface area is 165 Å². The van der Waals surface area contributed by atoms with Crippen molar-refractivity contribution in [2.45, 2.75) is 77.8 Å². The molecule has 1 aromatic rings. The second-order valence-electron chi connectivity index (χ2n) is 9.82. The van der Waals surface area contributed by atoms with Crippen LogP contribution in [0, 0.1) is 5.41 Å². The Balaban J connectivity index is 1.67. The predicted molar refractivity (Wildman–Crippen MR) is 102 cm³/mol. The smallest absolute Gasteiger partial charge is 0.410 e. The first-order valence-corrected chi connectivity index (χ1v) is 10.00. The quantitative estimate of drug-likeness (QED) is 0.730. The molecule has 2 amide bonds. The first-order valence-electron chi connectivity index (χ1n) is 10.00. The van der Waals surface area contributed by atoms with E-state index in [0.29, 0.717) is 44.6 Å². The number of fused-ring (bicyclic) bond motifs is 3. The minimum absolute atomic E-state index is 0.0474. The minimum Gasteiger partial charge on any atom is -0.444 e. The van der Waals surface area contributed by atoms with Gasteiger partial charge in [-0.15, -0.1) is 0 Å². The average Bonchev–Trinajstić information content (AvgIpc) is 2.81. The molecule has 0 radical (unpaired) electrons. The Morgan fingerprint density at radius 1 is 1.29 bits per heavy atom. The van der Waals surface area contributed by atoms with Gasteiger partial charge < -0.3 is 19.6 Å². The molecule has 1 aliphatic carbocycles. The number of aromatic nitrogens is 2. The van der Waals surface area contributed by atoms with Crippen molar-refractivity contribution in [2.75, 3.05) is 13.6 Å². The van der Waals surface area contributed by atoms with Gasteiger partial charge in [0.15, 0.2) is 0 Å². The van der Waals surface area contributed by atoms with Crippen molar-refractivity contribution in [1.29, 1.82) is 0 Å². The number of nitrogens with zero attached hydrogens (tertiary/aromatic N) is 4. The van der Waals surface area contributed by atoms with Crippen molar-refractivity contribution >= 4 is 12.0 Å². The lowest BCUT2D eigenvalue weighted by Crippen LogP contribution is -2.49. The van der Waals surface area contributed by atoms with Crippen LogP contribution in [0.25, 0.3) is 0 Å². The number of aliphatic hydroxyl groups excluding tert-OH is 1. The van der Waals surface area contributed by atoms with Gasteiger partial charge in [0.25, 0.3) is 5.91 Å². The molecule has 0 saturated heterocycles. The molecule has 2 aliphatic heterocycles. The van der Waals surface area contributed by atoms with Crippen LogP contribution in [0.2, 0.25) is 0 Å². The number of hydrogen-bond donors (Lipinski definition) is 1. The molecule has 1 fully saturated rings. The number of aliphatic hydroxyl groups is 1. The number of carbonyl (C=O) groups is 2. The van der Waals surface area contributed by atoms with Crippen LogP contribution in [0.15, 0.2) is 0 Å². The Kier molecular flexibility index (Phi) is 4.26. The average molecular weight is 390 g/mol. The first-order chi connectivity index (χ1) is 13.0. The van der Waals surface area contributed by atoms with Gasteiger partial charge in [-0.25, -0.2) is 4.79 Å². The molecule has 8 nitrogen and oxygen atoms in total. The Morgan fingerprint density at radius 2 is 1.96 bits per heavy atom. The van der Waals surface area contributed by atoms with Crippen molar-refractivity contribution in [3.63, 3.8) is 0 Å². The zero-order chi connectivity index (χ0) is 20.4. The highest BCUT2D eigenvalue weighted by Crippen LogP contribution is 2.45. The third-order valence-corrected chi connectivity index (χ3v) is 6.06. The van der Waals surface area contributed by atoms with E-state index in [1.807, 2.05) is 32.4 Å². The van der Waals surface area contributed by atoms with Crippen molar-refractivity contribution < 1.29 is 19.4 Å². The summed E-state index contributed by atoms with van der Waals surface area (Å²) in [6.45, 7) is 9.10. The van der Waals surface area contributed by atoms with Crippen molar-refractivity contribution in [3.8, 4) is 0 Å². The maximum Gasteiger partial charge on any atom is 0.410 e. The lowest BCUT2D eigenvalue weighted by molar-refractivity contribution is -0.0530. The summed E-state index contributed by atoms with van der Waals surface area (Å²) in [7, 11) is 1.81. The van der Waals surface area contributed by atoms with Gasteiger partial charge in [-0.1, -0.05) is 0 Å². The molecule has 28 heavy (non-hydrogen) atoms. The molecule has 0 aromatic carbocycles.